The Morgan fingerprint density at radius 2 is 2.10 bits per heavy atom. The summed E-state index contributed by atoms with van der Waals surface area (Å²) in [6.07, 6.45) is 0. The highest BCUT2D eigenvalue weighted by Crippen LogP contribution is 2.21. The Morgan fingerprint density at radius 1 is 1.35 bits per heavy atom. The Kier molecular flexibility index (Phi) is 8.38. The van der Waals surface area contributed by atoms with E-state index in [9.17, 15) is 0 Å². The van der Waals surface area contributed by atoms with Crippen LogP contribution in [0.1, 0.15) is 25.0 Å². The topological polar surface area (TPSA) is 24.5 Å². The zero-order chi connectivity index (χ0) is 15.0. The molecule has 0 spiro atoms. The summed E-state index contributed by atoms with van der Waals surface area (Å²) in [6.45, 7) is 9.21. The molecule has 0 aromatic heterocycles. The number of rotatable bonds is 9. The molecule has 3 nitrogen and oxygen atoms in total. The minimum Gasteiger partial charge on any atom is -0.383 e. The molecule has 20 heavy (non-hydrogen) atoms. The van der Waals surface area contributed by atoms with Gasteiger partial charge < -0.3 is 10.1 Å². The van der Waals surface area contributed by atoms with E-state index in [0.29, 0.717) is 5.92 Å². The molecule has 0 heterocycles. The van der Waals surface area contributed by atoms with Gasteiger partial charge in [0.2, 0.25) is 0 Å². The molecule has 1 aromatic rings. The smallest absolute Gasteiger partial charge is 0.0589 e. The number of nitrogens with one attached hydrogen (secondary N) is 1. The van der Waals surface area contributed by atoms with Crippen LogP contribution in [0.15, 0.2) is 22.7 Å². The van der Waals surface area contributed by atoms with Crippen LogP contribution in [0.2, 0.25) is 0 Å². The molecule has 0 radical (unpaired) electrons. The molecule has 0 atom stereocenters. The molecular formula is C16H27BrN2O. The highest BCUT2D eigenvalue weighted by atomic mass is 79.9. The molecule has 1 rings (SSSR count). The lowest BCUT2D eigenvalue weighted by Gasteiger charge is -2.24. The third-order valence-electron chi connectivity index (χ3n) is 3.13. The summed E-state index contributed by atoms with van der Waals surface area (Å²) >= 11 is 3.69. The van der Waals surface area contributed by atoms with Crippen molar-refractivity contribution in [3.8, 4) is 0 Å². The molecule has 0 saturated heterocycles. The standard InChI is InChI=1S/C16H27BrN2O/c1-13(2)11-19(7-8-20-4)12-15-6-5-14(10-18-3)9-16(15)17/h5-6,9,13,18H,7-8,10-12H2,1-4H3. The van der Waals surface area contributed by atoms with Crippen molar-refractivity contribution < 1.29 is 4.74 Å². The van der Waals surface area contributed by atoms with E-state index in [4.69, 9.17) is 4.74 Å². The molecule has 1 N–H and O–H groups in total. The van der Waals surface area contributed by atoms with Crippen LogP contribution in [0.25, 0.3) is 0 Å². The fraction of sp³-hybridized carbons (Fsp3) is 0.625. The lowest BCUT2D eigenvalue weighted by Crippen LogP contribution is -2.30. The van der Waals surface area contributed by atoms with Crippen LogP contribution in [-0.4, -0.2) is 38.8 Å². The van der Waals surface area contributed by atoms with Crippen LogP contribution in [0, 0.1) is 5.92 Å². The molecule has 0 aliphatic rings. The number of methoxy groups -OCH3 is 1. The molecule has 0 aliphatic heterocycles. The van der Waals surface area contributed by atoms with Crippen molar-refractivity contribution in [2.75, 3.05) is 33.9 Å². The molecular weight excluding hydrogens is 316 g/mol. The quantitative estimate of drug-likeness (QED) is 0.745. The molecule has 0 bridgehead atoms. The van der Waals surface area contributed by atoms with Gasteiger partial charge in [-0.25, -0.2) is 0 Å². The summed E-state index contributed by atoms with van der Waals surface area (Å²) in [5.74, 6) is 0.661. The fourth-order valence-electron chi connectivity index (χ4n) is 2.25. The first-order valence-corrected chi connectivity index (χ1v) is 7.99. The monoisotopic (exact) mass is 342 g/mol. The third kappa shape index (κ3) is 6.35. The van der Waals surface area contributed by atoms with Crippen LogP contribution in [0.5, 0.6) is 0 Å². The minimum atomic E-state index is 0.661. The van der Waals surface area contributed by atoms with Crippen molar-refractivity contribution in [2.45, 2.75) is 26.9 Å². The van der Waals surface area contributed by atoms with E-state index in [-0.39, 0.29) is 0 Å². The number of ether oxygens (including phenoxy) is 1. The van der Waals surface area contributed by atoms with E-state index >= 15 is 0 Å². The van der Waals surface area contributed by atoms with Crippen molar-refractivity contribution in [3.05, 3.63) is 33.8 Å². The average Bonchev–Trinajstić information content (AvgIpc) is 2.38. The zero-order valence-corrected chi connectivity index (χ0v) is 14.7. The number of benzene rings is 1. The molecule has 0 amide bonds. The average molecular weight is 343 g/mol. The number of hydrogen-bond donors (Lipinski definition) is 1. The van der Waals surface area contributed by atoms with E-state index in [2.05, 4.69) is 58.2 Å². The van der Waals surface area contributed by atoms with Crippen molar-refractivity contribution in [1.29, 1.82) is 0 Å². The summed E-state index contributed by atoms with van der Waals surface area (Å²) in [5, 5.41) is 3.18. The first-order chi connectivity index (χ1) is 9.56. The van der Waals surface area contributed by atoms with E-state index in [1.54, 1.807) is 7.11 Å². The van der Waals surface area contributed by atoms with Crippen LogP contribution in [0.3, 0.4) is 0 Å². The maximum absolute atomic E-state index is 5.21. The van der Waals surface area contributed by atoms with Gasteiger partial charge in [-0.1, -0.05) is 41.9 Å². The Balaban J connectivity index is 2.71. The third-order valence-corrected chi connectivity index (χ3v) is 3.87. The summed E-state index contributed by atoms with van der Waals surface area (Å²) in [5.41, 5.74) is 2.64. The molecule has 1 aromatic carbocycles. The zero-order valence-electron chi connectivity index (χ0n) is 13.1. The first-order valence-electron chi connectivity index (χ1n) is 7.20. The second kappa shape index (κ2) is 9.50. The van der Waals surface area contributed by atoms with Gasteiger partial charge in [0.15, 0.2) is 0 Å². The summed E-state index contributed by atoms with van der Waals surface area (Å²) < 4.78 is 6.40. The predicted molar refractivity (Wildman–Crippen MR) is 88.9 cm³/mol. The highest BCUT2D eigenvalue weighted by molar-refractivity contribution is 9.10. The second-order valence-corrected chi connectivity index (χ2v) is 6.43. The largest absolute Gasteiger partial charge is 0.383 e. The summed E-state index contributed by atoms with van der Waals surface area (Å²) in [4.78, 5) is 2.45. The predicted octanol–water partition coefficient (Wildman–Crippen LogP) is 3.27. The normalized spacial score (nSPS) is 11.6. The molecule has 114 valence electrons. The maximum atomic E-state index is 5.21. The number of halogens is 1. The molecule has 0 saturated carbocycles. The first kappa shape index (κ1) is 17.6. The lowest BCUT2D eigenvalue weighted by atomic mass is 10.1. The fourth-order valence-corrected chi connectivity index (χ4v) is 2.80. The van der Waals surface area contributed by atoms with E-state index in [1.807, 2.05) is 7.05 Å². The van der Waals surface area contributed by atoms with Gasteiger partial charge in [-0.15, -0.1) is 0 Å². The van der Waals surface area contributed by atoms with Crippen LogP contribution in [-0.2, 0) is 17.8 Å². The van der Waals surface area contributed by atoms with Gasteiger partial charge in [-0.05, 0) is 30.2 Å². The Hall–Kier alpha value is -0.420. The molecule has 4 heteroatoms. The number of hydrogen-bond acceptors (Lipinski definition) is 3. The van der Waals surface area contributed by atoms with E-state index in [0.717, 1.165) is 32.8 Å². The van der Waals surface area contributed by atoms with Crippen LogP contribution < -0.4 is 5.32 Å². The van der Waals surface area contributed by atoms with Crippen LogP contribution >= 0.6 is 15.9 Å². The molecule has 0 unspecified atom stereocenters. The van der Waals surface area contributed by atoms with Crippen molar-refractivity contribution in [3.63, 3.8) is 0 Å². The van der Waals surface area contributed by atoms with E-state index in [1.165, 1.54) is 15.6 Å². The van der Waals surface area contributed by atoms with Crippen molar-refractivity contribution >= 4 is 15.9 Å². The molecule has 0 aliphatic carbocycles. The van der Waals surface area contributed by atoms with Crippen LogP contribution in [0.4, 0.5) is 0 Å². The van der Waals surface area contributed by atoms with Crippen molar-refractivity contribution in [2.24, 2.45) is 5.92 Å². The Labute approximate surface area is 131 Å². The van der Waals surface area contributed by atoms with Gasteiger partial charge >= 0.3 is 0 Å². The maximum Gasteiger partial charge on any atom is 0.0589 e. The second-order valence-electron chi connectivity index (χ2n) is 5.58. The molecule has 0 fully saturated rings. The minimum absolute atomic E-state index is 0.661. The number of nitrogens with zero attached hydrogens (tertiary/aromatic N) is 1. The van der Waals surface area contributed by atoms with Gasteiger partial charge in [0.1, 0.15) is 0 Å². The van der Waals surface area contributed by atoms with E-state index < -0.39 is 0 Å². The Morgan fingerprint density at radius 3 is 2.65 bits per heavy atom. The van der Waals surface area contributed by atoms with Gasteiger partial charge in [0, 0.05) is 37.8 Å². The van der Waals surface area contributed by atoms with Gasteiger partial charge in [-0.2, -0.15) is 0 Å². The highest BCUT2D eigenvalue weighted by Gasteiger charge is 2.10. The van der Waals surface area contributed by atoms with Gasteiger partial charge in [0.25, 0.3) is 0 Å². The van der Waals surface area contributed by atoms with Gasteiger partial charge in [-0.3, -0.25) is 4.90 Å². The Bertz CT molecular complexity index is 396. The summed E-state index contributed by atoms with van der Waals surface area (Å²) in [6, 6.07) is 6.62. The van der Waals surface area contributed by atoms with Gasteiger partial charge in [0.05, 0.1) is 6.61 Å². The van der Waals surface area contributed by atoms with Crippen molar-refractivity contribution in [1.82, 2.24) is 10.2 Å². The summed E-state index contributed by atoms with van der Waals surface area (Å²) in [7, 11) is 3.73. The SMILES string of the molecule is CNCc1ccc(CN(CCOC)CC(C)C)c(Br)c1. The lowest BCUT2D eigenvalue weighted by molar-refractivity contribution is 0.136.